The third-order valence-electron chi connectivity index (χ3n) is 3.06. The van der Waals surface area contributed by atoms with Gasteiger partial charge < -0.3 is 5.32 Å². The molecule has 0 saturated carbocycles. The first-order valence-electron chi connectivity index (χ1n) is 6.58. The fourth-order valence-electron chi connectivity index (χ4n) is 2.00. The van der Waals surface area contributed by atoms with Crippen molar-refractivity contribution >= 4 is 17.5 Å². The number of halogens is 1. The minimum absolute atomic E-state index is 0.171. The van der Waals surface area contributed by atoms with E-state index in [1.165, 1.54) is 11.0 Å². The molecule has 0 aliphatic rings. The van der Waals surface area contributed by atoms with Gasteiger partial charge in [0.2, 0.25) is 0 Å². The smallest absolute Gasteiger partial charge is 0.251 e. The highest BCUT2D eigenvalue weighted by molar-refractivity contribution is 6.30. The van der Waals surface area contributed by atoms with Crippen LogP contribution in [0.15, 0.2) is 54.9 Å². The lowest BCUT2D eigenvalue weighted by molar-refractivity contribution is 0.0951. The first-order valence-corrected chi connectivity index (χ1v) is 6.96. The number of benzene rings is 2. The van der Waals surface area contributed by atoms with E-state index in [0.717, 1.165) is 11.3 Å². The molecule has 1 amide bonds. The lowest BCUT2D eigenvalue weighted by atomic mass is 10.1. The number of hydrogen-bond donors (Lipinski definition) is 1. The molecular weight excluding hydrogens is 302 g/mol. The quantitative estimate of drug-likeness (QED) is 0.802. The lowest BCUT2D eigenvalue weighted by Gasteiger charge is -2.07. The minimum atomic E-state index is -0.171. The van der Waals surface area contributed by atoms with E-state index in [4.69, 9.17) is 11.6 Å². The molecule has 3 rings (SSSR count). The van der Waals surface area contributed by atoms with Gasteiger partial charge in [0.1, 0.15) is 6.33 Å². The third kappa shape index (κ3) is 3.29. The van der Waals surface area contributed by atoms with Crippen molar-refractivity contribution in [3.05, 3.63) is 71.0 Å². The molecule has 1 heterocycles. The summed E-state index contributed by atoms with van der Waals surface area (Å²) in [6, 6.07) is 14.4. The molecule has 0 radical (unpaired) electrons. The Morgan fingerprint density at radius 3 is 2.82 bits per heavy atom. The average molecular weight is 314 g/mol. The second-order valence-corrected chi connectivity index (χ2v) is 5.05. The Kier molecular flexibility index (Phi) is 4.11. The number of nitrogens with one attached hydrogen (secondary N) is 1. The second-order valence-electron chi connectivity index (χ2n) is 4.62. The highest BCUT2D eigenvalue weighted by Gasteiger charge is 2.07. The van der Waals surface area contributed by atoms with Crippen LogP contribution in [-0.2, 0) is 6.54 Å². The molecule has 2 aromatic carbocycles. The number of carbonyl (C=O) groups excluding carboxylic acids is 1. The molecule has 0 saturated heterocycles. The zero-order valence-corrected chi connectivity index (χ0v) is 12.2. The molecule has 1 N–H and O–H groups in total. The molecule has 0 atom stereocenters. The van der Waals surface area contributed by atoms with E-state index in [1.54, 1.807) is 24.3 Å². The summed E-state index contributed by atoms with van der Waals surface area (Å²) in [5.74, 6) is -0.171. The van der Waals surface area contributed by atoms with Crippen molar-refractivity contribution in [1.82, 2.24) is 25.5 Å². The predicted molar refractivity (Wildman–Crippen MR) is 81.8 cm³/mol. The van der Waals surface area contributed by atoms with Crippen molar-refractivity contribution in [2.24, 2.45) is 0 Å². The fourth-order valence-corrected chi connectivity index (χ4v) is 2.21. The molecule has 110 valence electrons. The summed E-state index contributed by atoms with van der Waals surface area (Å²) in [5.41, 5.74) is 2.20. The Morgan fingerprint density at radius 1 is 1.18 bits per heavy atom. The Hall–Kier alpha value is -2.73. The molecule has 0 aliphatic carbocycles. The van der Waals surface area contributed by atoms with E-state index in [9.17, 15) is 4.79 Å². The van der Waals surface area contributed by atoms with Crippen LogP contribution in [0.5, 0.6) is 0 Å². The monoisotopic (exact) mass is 313 g/mol. The molecule has 3 aromatic rings. The number of aromatic nitrogens is 4. The normalized spacial score (nSPS) is 10.4. The minimum Gasteiger partial charge on any atom is -0.348 e. The van der Waals surface area contributed by atoms with Crippen molar-refractivity contribution in [3.8, 4) is 5.69 Å². The number of tetrazole rings is 1. The van der Waals surface area contributed by atoms with Gasteiger partial charge >= 0.3 is 0 Å². The van der Waals surface area contributed by atoms with Gasteiger partial charge in [0.25, 0.3) is 5.91 Å². The Balaban J connectivity index is 1.71. The van der Waals surface area contributed by atoms with Crippen molar-refractivity contribution in [2.45, 2.75) is 6.54 Å². The van der Waals surface area contributed by atoms with Gasteiger partial charge in [-0.25, -0.2) is 4.68 Å². The summed E-state index contributed by atoms with van der Waals surface area (Å²) < 4.78 is 1.49. The van der Waals surface area contributed by atoms with Crippen LogP contribution in [0.25, 0.3) is 5.69 Å². The highest BCUT2D eigenvalue weighted by Crippen LogP contribution is 2.11. The summed E-state index contributed by atoms with van der Waals surface area (Å²) in [5, 5.41) is 14.5. The van der Waals surface area contributed by atoms with Crippen LogP contribution in [-0.4, -0.2) is 26.1 Å². The molecule has 22 heavy (non-hydrogen) atoms. The van der Waals surface area contributed by atoms with Gasteiger partial charge in [0, 0.05) is 17.1 Å². The zero-order chi connectivity index (χ0) is 15.4. The van der Waals surface area contributed by atoms with Gasteiger partial charge in [-0.2, -0.15) is 0 Å². The van der Waals surface area contributed by atoms with Crippen LogP contribution in [0.4, 0.5) is 0 Å². The Bertz CT molecular complexity index is 788. The van der Waals surface area contributed by atoms with Crippen LogP contribution >= 0.6 is 11.6 Å². The summed E-state index contributed by atoms with van der Waals surface area (Å²) in [6.45, 7) is 0.411. The first kappa shape index (κ1) is 14.2. The molecule has 0 bridgehead atoms. The van der Waals surface area contributed by atoms with Gasteiger partial charge in [-0.15, -0.1) is 5.10 Å². The van der Waals surface area contributed by atoms with E-state index < -0.39 is 0 Å². The standard InChI is InChI=1S/C15H12ClN5O/c16-13-5-1-3-11(7-13)9-17-15(22)12-4-2-6-14(8-12)21-10-18-19-20-21/h1-8,10H,9H2,(H,17,22). The highest BCUT2D eigenvalue weighted by atomic mass is 35.5. The number of carbonyl (C=O) groups is 1. The van der Waals surface area contributed by atoms with Gasteiger partial charge in [-0.1, -0.05) is 29.8 Å². The number of amides is 1. The zero-order valence-electron chi connectivity index (χ0n) is 11.5. The number of nitrogens with zero attached hydrogens (tertiary/aromatic N) is 4. The van der Waals surface area contributed by atoms with Crippen LogP contribution in [0, 0.1) is 0 Å². The Morgan fingerprint density at radius 2 is 2.05 bits per heavy atom. The van der Waals surface area contributed by atoms with E-state index in [1.807, 2.05) is 24.3 Å². The van der Waals surface area contributed by atoms with Gasteiger partial charge in [-0.05, 0) is 46.3 Å². The summed E-state index contributed by atoms with van der Waals surface area (Å²) >= 11 is 5.92. The molecule has 6 nitrogen and oxygen atoms in total. The topological polar surface area (TPSA) is 72.7 Å². The molecule has 0 fully saturated rings. The van der Waals surface area contributed by atoms with Gasteiger partial charge in [0.05, 0.1) is 5.69 Å². The predicted octanol–water partition coefficient (Wildman–Crippen LogP) is 2.25. The molecule has 0 aliphatic heterocycles. The summed E-state index contributed by atoms with van der Waals surface area (Å²) in [6.07, 6.45) is 1.48. The van der Waals surface area contributed by atoms with Crippen LogP contribution < -0.4 is 5.32 Å². The van der Waals surface area contributed by atoms with Crippen LogP contribution in [0.2, 0.25) is 5.02 Å². The van der Waals surface area contributed by atoms with E-state index in [0.29, 0.717) is 17.1 Å². The first-order chi connectivity index (χ1) is 10.7. The largest absolute Gasteiger partial charge is 0.348 e. The van der Waals surface area contributed by atoms with Crippen LogP contribution in [0.1, 0.15) is 15.9 Å². The number of hydrogen-bond acceptors (Lipinski definition) is 4. The van der Waals surface area contributed by atoms with Crippen molar-refractivity contribution in [3.63, 3.8) is 0 Å². The summed E-state index contributed by atoms with van der Waals surface area (Å²) in [4.78, 5) is 12.2. The van der Waals surface area contributed by atoms with Crippen LogP contribution in [0.3, 0.4) is 0 Å². The maximum absolute atomic E-state index is 12.2. The maximum atomic E-state index is 12.2. The molecule has 0 spiro atoms. The SMILES string of the molecule is O=C(NCc1cccc(Cl)c1)c1cccc(-n2cnnn2)c1. The van der Waals surface area contributed by atoms with Crippen molar-refractivity contribution < 1.29 is 4.79 Å². The Labute approximate surface area is 131 Å². The molecule has 1 aromatic heterocycles. The van der Waals surface area contributed by atoms with E-state index in [-0.39, 0.29) is 5.91 Å². The van der Waals surface area contributed by atoms with Crippen molar-refractivity contribution in [2.75, 3.05) is 0 Å². The number of rotatable bonds is 4. The molecule has 0 unspecified atom stereocenters. The van der Waals surface area contributed by atoms with Gasteiger partial charge in [0.15, 0.2) is 0 Å². The lowest BCUT2D eigenvalue weighted by Crippen LogP contribution is -2.22. The maximum Gasteiger partial charge on any atom is 0.251 e. The fraction of sp³-hybridized carbons (Fsp3) is 0.0667. The molecular formula is C15H12ClN5O. The second kappa shape index (κ2) is 6.36. The van der Waals surface area contributed by atoms with Crippen molar-refractivity contribution in [1.29, 1.82) is 0 Å². The summed E-state index contributed by atoms with van der Waals surface area (Å²) in [7, 11) is 0. The van der Waals surface area contributed by atoms with E-state index >= 15 is 0 Å². The molecule has 7 heteroatoms. The average Bonchev–Trinajstić information content (AvgIpc) is 3.07. The van der Waals surface area contributed by atoms with Gasteiger partial charge in [-0.3, -0.25) is 4.79 Å². The third-order valence-corrected chi connectivity index (χ3v) is 3.30. The van der Waals surface area contributed by atoms with E-state index in [2.05, 4.69) is 20.8 Å².